The zero-order valence-corrected chi connectivity index (χ0v) is 29.7. The van der Waals surface area contributed by atoms with Crippen LogP contribution in [0.25, 0.3) is 56.0 Å². The highest BCUT2D eigenvalue weighted by atomic mass is 79.9. The highest BCUT2D eigenvalue weighted by Crippen LogP contribution is 2.40. The molecule has 3 heteroatoms. The number of fused-ring (bicyclic) bond motifs is 3. The Bertz CT molecular complexity index is 2510. The van der Waals surface area contributed by atoms with Crippen LogP contribution in [0.1, 0.15) is 17.7 Å². The zero-order chi connectivity index (χ0) is 34.1. The summed E-state index contributed by atoms with van der Waals surface area (Å²) < 4.78 is 3.52. The molecule has 1 aliphatic carbocycles. The van der Waals surface area contributed by atoms with Gasteiger partial charge in [0.15, 0.2) is 0 Å². The summed E-state index contributed by atoms with van der Waals surface area (Å²) in [7, 11) is 0. The predicted octanol–water partition coefficient (Wildman–Crippen LogP) is 13.8. The van der Waals surface area contributed by atoms with Crippen molar-refractivity contribution in [1.82, 2.24) is 4.57 Å². The van der Waals surface area contributed by atoms with E-state index in [2.05, 4.69) is 213 Å². The molecule has 1 heterocycles. The van der Waals surface area contributed by atoms with E-state index in [0.29, 0.717) is 0 Å². The van der Waals surface area contributed by atoms with Crippen molar-refractivity contribution in [1.29, 1.82) is 0 Å². The summed E-state index contributed by atoms with van der Waals surface area (Å²) >= 11 is 3.66. The molecule has 51 heavy (non-hydrogen) atoms. The van der Waals surface area contributed by atoms with Gasteiger partial charge in [-0.2, -0.15) is 0 Å². The van der Waals surface area contributed by atoms with Gasteiger partial charge < -0.3 is 9.47 Å². The fraction of sp³-hybridized carbons (Fsp3) is 0.0417. The molecule has 0 bridgehead atoms. The van der Waals surface area contributed by atoms with Crippen LogP contribution in [-0.2, 0) is 6.42 Å². The van der Waals surface area contributed by atoms with Crippen LogP contribution in [0.4, 0.5) is 17.1 Å². The van der Waals surface area contributed by atoms with Crippen molar-refractivity contribution in [2.75, 3.05) is 4.90 Å². The van der Waals surface area contributed by atoms with Gasteiger partial charge in [-0.3, -0.25) is 0 Å². The molecule has 0 amide bonds. The van der Waals surface area contributed by atoms with Crippen LogP contribution in [0.5, 0.6) is 0 Å². The normalized spacial score (nSPS) is 12.2. The highest BCUT2D eigenvalue weighted by Gasteiger charge is 2.20. The maximum atomic E-state index is 3.66. The number of anilines is 3. The van der Waals surface area contributed by atoms with Gasteiger partial charge in [-0.25, -0.2) is 0 Å². The van der Waals surface area contributed by atoms with E-state index in [1.807, 2.05) is 0 Å². The van der Waals surface area contributed by atoms with Crippen molar-refractivity contribution in [2.45, 2.75) is 12.8 Å². The first-order valence-corrected chi connectivity index (χ1v) is 18.3. The smallest absolute Gasteiger partial charge is 0.0538 e. The van der Waals surface area contributed by atoms with Crippen molar-refractivity contribution in [3.63, 3.8) is 0 Å². The van der Waals surface area contributed by atoms with Gasteiger partial charge in [-0.1, -0.05) is 131 Å². The van der Waals surface area contributed by atoms with E-state index in [1.54, 1.807) is 0 Å². The first-order chi connectivity index (χ1) is 25.2. The Morgan fingerprint density at radius 2 is 1.04 bits per heavy atom. The molecule has 0 aliphatic heterocycles. The van der Waals surface area contributed by atoms with Crippen LogP contribution in [0.15, 0.2) is 186 Å². The number of hydrogen-bond acceptors (Lipinski definition) is 1. The monoisotopic (exact) mass is 718 g/mol. The molecule has 9 rings (SSSR count). The van der Waals surface area contributed by atoms with Crippen molar-refractivity contribution in [2.24, 2.45) is 0 Å². The summed E-state index contributed by atoms with van der Waals surface area (Å²) in [5.41, 5.74) is 15.7. The third-order valence-corrected chi connectivity index (χ3v) is 10.4. The lowest BCUT2D eigenvalue weighted by Gasteiger charge is -2.26. The number of para-hydroxylation sites is 1. The summed E-state index contributed by atoms with van der Waals surface area (Å²) in [6, 6.07) is 63.5. The Balaban J connectivity index is 1.11. The number of nitrogens with zero attached hydrogens (tertiary/aromatic N) is 2. The van der Waals surface area contributed by atoms with Gasteiger partial charge in [0.25, 0.3) is 0 Å². The van der Waals surface area contributed by atoms with Gasteiger partial charge in [0.1, 0.15) is 0 Å². The minimum absolute atomic E-state index is 1.05. The topological polar surface area (TPSA) is 8.17 Å². The summed E-state index contributed by atoms with van der Waals surface area (Å²) in [6.45, 7) is 0. The molecule has 0 atom stereocenters. The van der Waals surface area contributed by atoms with Crippen molar-refractivity contribution in [3.05, 3.63) is 198 Å². The molecule has 2 nitrogen and oxygen atoms in total. The van der Waals surface area contributed by atoms with Crippen molar-refractivity contribution >= 4 is 50.0 Å². The minimum Gasteiger partial charge on any atom is -0.313 e. The summed E-state index contributed by atoms with van der Waals surface area (Å²) in [6.07, 6.45) is 6.74. The molecule has 0 radical (unpaired) electrons. The molecule has 1 aliphatic rings. The van der Waals surface area contributed by atoms with Crippen LogP contribution in [0.2, 0.25) is 0 Å². The third kappa shape index (κ3) is 6.00. The van der Waals surface area contributed by atoms with Crippen molar-refractivity contribution < 1.29 is 0 Å². The molecule has 0 fully saturated rings. The lowest BCUT2D eigenvalue weighted by molar-refractivity contribution is 0.888. The van der Waals surface area contributed by atoms with E-state index in [0.717, 1.165) is 34.4 Å². The Morgan fingerprint density at radius 3 is 1.75 bits per heavy atom. The number of halogens is 1. The van der Waals surface area contributed by atoms with E-state index in [4.69, 9.17) is 0 Å². The fourth-order valence-electron chi connectivity index (χ4n) is 7.45. The quantitative estimate of drug-likeness (QED) is 0.159. The SMILES string of the molecule is Brc1cccc(-c2cccc(N(c3ccc(-c4ccccc4)cc3)c3ccc(-c4ccc5c(c4)c4c(n5-c5ccccc5)CCC=C4)cc3)c2)c1. The minimum atomic E-state index is 1.05. The molecular formula is C48H35BrN2. The molecule has 8 aromatic rings. The molecule has 0 spiro atoms. The largest absolute Gasteiger partial charge is 0.313 e. The van der Waals surface area contributed by atoms with E-state index in [9.17, 15) is 0 Å². The van der Waals surface area contributed by atoms with Crippen LogP contribution in [0, 0.1) is 0 Å². The van der Waals surface area contributed by atoms with Gasteiger partial charge >= 0.3 is 0 Å². The standard InChI is InChI=1S/C48H35BrN2/c49-40-15-9-13-37(31-40)38-14-10-18-44(32-38)50(42-26-21-35(22-27-42)34-11-3-1-4-12-34)43-28-23-36(24-29-43)39-25-30-48-46(33-39)45-19-7-8-20-47(45)51(48)41-16-5-2-6-17-41/h1-7,9-19,21-33H,8,20H2. The maximum absolute atomic E-state index is 3.66. The van der Waals surface area contributed by atoms with Crippen LogP contribution >= 0.6 is 15.9 Å². The number of rotatable bonds is 7. The zero-order valence-electron chi connectivity index (χ0n) is 28.1. The fourth-order valence-corrected chi connectivity index (χ4v) is 7.85. The molecule has 1 aromatic heterocycles. The second-order valence-electron chi connectivity index (χ2n) is 13.1. The number of benzene rings is 7. The highest BCUT2D eigenvalue weighted by molar-refractivity contribution is 9.10. The second kappa shape index (κ2) is 13.4. The Morgan fingerprint density at radius 1 is 0.471 bits per heavy atom. The molecule has 0 saturated carbocycles. The summed E-state index contributed by atoms with van der Waals surface area (Å²) in [4.78, 5) is 2.35. The van der Waals surface area contributed by atoms with Gasteiger partial charge in [0.2, 0.25) is 0 Å². The molecule has 0 unspecified atom stereocenters. The van der Waals surface area contributed by atoms with Crippen LogP contribution < -0.4 is 4.90 Å². The Kier molecular flexibility index (Phi) is 8.19. The second-order valence-corrected chi connectivity index (χ2v) is 14.0. The van der Waals surface area contributed by atoms with Crippen LogP contribution in [0.3, 0.4) is 0 Å². The first-order valence-electron chi connectivity index (χ1n) is 17.5. The molecule has 0 N–H and O–H groups in total. The average Bonchev–Trinajstić information content (AvgIpc) is 3.53. The Labute approximate surface area is 307 Å². The van der Waals surface area contributed by atoms with Crippen molar-refractivity contribution in [3.8, 4) is 39.1 Å². The summed E-state index contributed by atoms with van der Waals surface area (Å²) in [5, 5.41) is 1.30. The van der Waals surface area contributed by atoms with E-state index >= 15 is 0 Å². The van der Waals surface area contributed by atoms with E-state index in [1.165, 1.54) is 61.2 Å². The third-order valence-electron chi connectivity index (χ3n) is 9.91. The predicted molar refractivity (Wildman–Crippen MR) is 219 cm³/mol. The molecule has 0 saturated heterocycles. The summed E-state index contributed by atoms with van der Waals surface area (Å²) in [5.74, 6) is 0. The van der Waals surface area contributed by atoms with Gasteiger partial charge in [-0.15, -0.1) is 0 Å². The number of hydrogen-bond donors (Lipinski definition) is 0. The first kappa shape index (κ1) is 31.1. The number of aromatic nitrogens is 1. The lowest BCUT2D eigenvalue weighted by Crippen LogP contribution is -2.10. The molecular weight excluding hydrogens is 684 g/mol. The average molecular weight is 720 g/mol. The molecule has 7 aromatic carbocycles. The van der Waals surface area contributed by atoms with E-state index < -0.39 is 0 Å². The van der Waals surface area contributed by atoms with Gasteiger partial charge in [0, 0.05) is 43.9 Å². The van der Waals surface area contributed by atoms with Crippen LogP contribution in [-0.4, -0.2) is 4.57 Å². The van der Waals surface area contributed by atoms with Gasteiger partial charge in [-0.05, 0) is 119 Å². The lowest BCUT2D eigenvalue weighted by atomic mass is 9.98. The van der Waals surface area contributed by atoms with Gasteiger partial charge in [0.05, 0.1) is 5.52 Å². The van der Waals surface area contributed by atoms with E-state index in [-0.39, 0.29) is 0 Å². The molecule has 244 valence electrons. The Hall–Kier alpha value is -5.90. The maximum Gasteiger partial charge on any atom is 0.0538 e. The number of allylic oxidation sites excluding steroid dienone is 1.